The molecule has 3 aliphatic carbocycles. The van der Waals surface area contributed by atoms with Gasteiger partial charge in [0, 0.05) is 65.4 Å². The second kappa shape index (κ2) is 31.0. The summed E-state index contributed by atoms with van der Waals surface area (Å²) in [4.78, 5) is 68.9. The molecule has 0 aromatic heterocycles. The Balaban J connectivity index is 0.000000281. The number of aliphatic hydroxyl groups excluding tert-OH is 1. The third-order valence-electron chi connectivity index (χ3n) is 22.4. The molecule has 4 aliphatic heterocycles. The summed E-state index contributed by atoms with van der Waals surface area (Å²) in [7, 11) is 3.10. The van der Waals surface area contributed by atoms with Gasteiger partial charge >= 0.3 is 30.1 Å². The maximum Gasteiger partial charge on any atom is 0.413 e. The van der Waals surface area contributed by atoms with Crippen LogP contribution in [-0.4, -0.2) is 168 Å². The standard InChI is InChI=1S/C39H61NO11.C39H61NO9/c1-14-28-48-26-16-27-39(18-46-27,50-23(7)41)31-22(6)38(36(11,12)45)17-25(20(4)29(38)21(5)32(49-28)37(26,31)13)47-33(43)30(42)24(15-19(2)3)40-34(44)51-35(8,9)10;1-16-31-39(12,13)34(47-32(17-2)46-31)25(7)23(5)24(6)26(8)45-36(41)33-29(20-22(3)4)40(37(42)49-38(9,10)11)35(48-33)28-19-18-27(43-14)21-30(28)44-15/h14,19,21-22,24-28,30-32,42,45H,1,15-18H2,2-13H3,(H,40,44);17-19,21-22,25-26,29,31-35H,2,16,20H2,1,3-15H3/b;24-23+/t21-,22-,24-,25-,26-,27+,28?,30+,31-,32-,37+,38+,39-;25-,26?,29?,31-,32?,33+,34?,35?/m00/s1. The molecule has 0 radical (unpaired) electrons. The largest absolute Gasteiger partial charge is 0.497 e. The monoisotopic (exact) mass is 1410 g/mol. The highest BCUT2D eigenvalue weighted by atomic mass is 16.7. The van der Waals surface area contributed by atoms with Crippen LogP contribution in [0, 0.1) is 51.8 Å². The number of hydrogen-bond acceptors (Lipinski definition) is 20. The molecule has 6 fully saturated rings. The summed E-state index contributed by atoms with van der Waals surface area (Å²) in [5.41, 5.74) is -1.59. The third-order valence-corrected chi connectivity index (χ3v) is 22.4. The molecule has 2 saturated carbocycles. The molecule has 1 aromatic carbocycles. The second-order valence-electron chi connectivity index (χ2n) is 33.2. The molecule has 3 N–H and O–H groups in total. The van der Waals surface area contributed by atoms with Gasteiger partial charge in [0.15, 0.2) is 36.6 Å². The van der Waals surface area contributed by atoms with Gasteiger partial charge < -0.3 is 77.1 Å². The molecule has 7 aliphatic rings. The van der Waals surface area contributed by atoms with Gasteiger partial charge in [0.25, 0.3) is 0 Å². The zero-order chi connectivity index (χ0) is 75.2. The van der Waals surface area contributed by atoms with Crippen molar-refractivity contribution >= 4 is 30.1 Å². The minimum absolute atomic E-state index is 0.00236. The molecule has 2 amide bonds. The molecule has 0 bridgehead atoms. The van der Waals surface area contributed by atoms with Crippen LogP contribution >= 0.6 is 0 Å². The lowest BCUT2D eigenvalue weighted by molar-refractivity contribution is -0.387. The lowest BCUT2D eigenvalue weighted by Crippen LogP contribution is -2.78. The van der Waals surface area contributed by atoms with Crippen molar-refractivity contribution < 1.29 is 95.8 Å². The van der Waals surface area contributed by atoms with Gasteiger partial charge in [-0.05, 0) is 156 Å². The van der Waals surface area contributed by atoms with E-state index in [4.69, 9.17) is 61.6 Å². The molecule has 0 spiro atoms. The van der Waals surface area contributed by atoms with Gasteiger partial charge in [-0.2, -0.15) is 0 Å². The van der Waals surface area contributed by atoms with E-state index in [0.29, 0.717) is 36.3 Å². The molecule has 1 aromatic rings. The van der Waals surface area contributed by atoms with Crippen LogP contribution in [0.25, 0.3) is 0 Å². The Kier molecular flexibility index (Phi) is 25.3. The average molecular weight is 1410 g/mol. The molecule has 22 heteroatoms. The van der Waals surface area contributed by atoms with Gasteiger partial charge in [0.05, 0.1) is 62.9 Å². The average Bonchev–Trinajstić information content (AvgIpc) is 1.41. The first-order valence-electron chi connectivity index (χ1n) is 36.0. The van der Waals surface area contributed by atoms with E-state index in [2.05, 4.69) is 73.9 Å². The summed E-state index contributed by atoms with van der Waals surface area (Å²) in [6.07, 6.45) is -3.27. The lowest BCUT2D eigenvalue weighted by atomic mass is 9.47. The van der Waals surface area contributed by atoms with Crippen LogP contribution in [0.2, 0.25) is 0 Å². The van der Waals surface area contributed by atoms with Gasteiger partial charge in [-0.1, -0.05) is 100 Å². The van der Waals surface area contributed by atoms with E-state index in [1.807, 2.05) is 48.5 Å². The Hall–Kier alpha value is -5.59. The molecule has 6 unspecified atom stereocenters. The van der Waals surface area contributed by atoms with Gasteiger partial charge in [0.2, 0.25) is 0 Å². The number of carbonyl (C=O) groups is 5. The van der Waals surface area contributed by atoms with Crippen LogP contribution in [0.5, 0.6) is 11.5 Å². The SMILES string of the molecule is C=CC1OC([C@@H](C)/C(C)=C(\C)C(C)OC(=O)[C@@H]2OC(c3ccc(OC)cc3OC)N(C(=O)OC(C)(C)C)C2CC(C)C)C(C)(C)[C@H](CC)O1.C=CC1O[C@H]2C[C@H]3OC[C@@]3(OC(C)=O)[C@H]3[C@H](C)[C@]4(C(C)(C)O)C[C@H](OC(=O)[C@H](O)[C@H](CC(C)C)NC(=O)OC(C)(C)C)C(C)=C4[C@H](C)[C@H](O1)[C@]23C. The van der Waals surface area contributed by atoms with Crippen molar-refractivity contribution in [2.45, 2.75) is 307 Å². The van der Waals surface area contributed by atoms with Gasteiger partial charge in [-0.15, -0.1) is 0 Å². The summed E-state index contributed by atoms with van der Waals surface area (Å²) in [6.45, 7) is 54.3. The van der Waals surface area contributed by atoms with E-state index in [9.17, 15) is 34.2 Å². The minimum atomic E-state index is -1.68. The Bertz CT molecular complexity index is 3190. The minimum Gasteiger partial charge on any atom is -0.497 e. The maximum atomic E-state index is 14.1. The maximum absolute atomic E-state index is 14.1. The first-order chi connectivity index (χ1) is 46.2. The zero-order valence-electron chi connectivity index (χ0n) is 64.8. The summed E-state index contributed by atoms with van der Waals surface area (Å²) in [6, 6.07) is 3.65. The predicted octanol–water partition coefficient (Wildman–Crippen LogP) is 13.4. The van der Waals surface area contributed by atoms with Crippen molar-refractivity contribution in [2.24, 2.45) is 51.8 Å². The fourth-order valence-corrected chi connectivity index (χ4v) is 17.8. The molecule has 4 saturated heterocycles. The van der Waals surface area contributed by atoms with Crippen LogP contribution < -0.4 is 14.8 Å². The molecule has 564 valence electrons. The Labute approximate surface area is 595 Å². The highest BCUT2D eigenvalue weighted by Gasteiger charge is 2.78. The summed E-state index contributed by atoms with van der Waals surface area (Å²) in [5.74, 6) is -1.72. The highest BCUT2D eigenvalue weighted by Crippen LogP contribution is 2.72. The van der Waals surface area contributed by atoms with E-state index >= 15 is 0 Å². The van der Waals surface area contributed by atoms with Crippen molar-refractivity contribution in [3.05, 3.63) is 71.4 Å². The van der Waals surface area contributed by atoms with Gasteiger partial charge in [-0.25, -0.2) is 19.2 Å². The number of methoxy groups -OCH3 is 2. The molecule has 4 heterocycles. The molecule has 21 atom stereocenters. The number of nitrogens with zero attached hydrogens (tertiary/aromatic N) is 1. The fourth-order valence-electron chi connectivity index (χ4n) is 17.8. The van der Waals surface area contributed by atoms with Crippen LogP contribution in [0.15, 0.2) is 65.8 Å². The summed E-state index contributed by atoms with van der Waals surface area (Å²) in [5, 5.41) is 26.5. The molecular formula is C78H122N2O20. The van der Waals surface area contributed by atoms with E-state index in [1.54, 1.807) is 92.9 Å². The fraction of sp³-hybridized carbons (Fsp3) is 0.756. The van der Waals surface area contributed by atoms with Crippen molar-refractivity contribution in [2.75, 3.05) is 20.8 Å². The van der Waals surface area contributed by atoms with Gasteiger partial charge in [-0.3, -0.25) is 9.69 Å². The zero-order valence-corrected chi connectivity index (χ0v) is 64.8. The van der Waals surface area contributed by atoms with Crippen LogP contribution in [0.3, 0.4) is 0 Å². The normalized spacial score (nSPS) is 33.8. The van der Waals surface area contributed by atoms with E-state index in [-0.39, 0.29) is 66.3 Å². The molecule has 22 nitrogen and oxygen atoms in total. The van der Waals surface area contributed by atoms with Crippen LogP contribution in [0.4, 0.5) is 9.59 Å². The quantitative estimate of drug-likeness (QED) is 0.0587. The number of benzene rings is 1. The number of nitrogens with one attached hydrogen (secondary N) is 1. The number of alkyl carbamates (subject to hydrolysis) is 1. The predicted molar refractivity (Wildman–Crippen MR) is 376 cm³/mol. The number of amides is 2. The van der Waals surface area contributed by atoms with Crippen molar-refractivity contribution in [3.8, 4) is 11.5 Å². The summed E-state index contributed by atoms with van der Waals surface area (Å²) < 4.78 is 79.5. The lowest BCUT2D eigenvalue weighted by Gasteiger charge is -2.68. The van der Waals surface area contributed by atoms with E-state index in [1.165, 1.54) is 18.9 Å². The summed E-state index contributed by atoms with van der Waals surface area (Å²) >= 11 is 0. The number of aliphatic hydroxyl groups is 2. The third kappa shape index (κ3) is 16.2. The molecular weight excluding hydrogens is 1280 g/mol. The number of esters is 3. The number of carbonyl (C=O) groups excluding carboxylic acids is 5. The number of fused-ring (bicyclic) bond motifs is 3. The molecule has 100 heavy (non-hydrogen) atoms. The number of ether oxygens (including phenoxy) is 13. The first-order valence-corrected chi connectivity index (χ1v) is 36.0. The van der Waals surface area contributed by atoms with Crippen molar-refractivity contribution in [3.63, 3.8) is 0 Å². The smallest absolute Gasteiger partial charge is 0.413 e. The van der Waals surface area contributed by atoms with E-state index < -0.39 is 137 Å². The van der Waals surface area contributed by atoms with Crippen molar-refractivity contribution in [1.29, 1.82) is 0 Å². The topological polar surface area (TPSA) is 261 Å². The van der Waals surface area contributed by atoms with E-state index in [0.717, 1.165) is 28.7 Å². The van der Waals surface area contributed by atoms with Crippen molar-refractivity contribution in [1.82, 2.24) is 10.2 Å². The van der Waals surface area contributed by atoms with Crippen LogP contribution in [0.1, 0.15) is 210 Å². The Morgan fingerprint density at radius 3 is 1.96 bits per heavy atom. The molecule has 8 rings (SSSR count). The number of hydrogen-bond donors (Lipinski definition) is 3. The van der Waals surface area contributed by atoms with Crippen LogP contribution in [-0.2, 0) is 66.5 Å². The first kappa shape index (κ1) is 81.7. The highest BCUT2D eigenvalue weighted by molar-refractivity contribution is 5.80. The Morgan fingerprint density at radius 2 is 1.44 bits per heavy atom. The number of rotatable bonds is 21. The van der Waals surface area contributed by atoms with Gasteiger partial charge in [0.1, 0.15) is 41.0 Å². The Morgan fingerprint density at radius 1 is 0.820 bits per heavy atom. The second-order valence-corrected chi connectivity index (χ2v) is 33.2.